The highest BCUT2D eigenvalue weighted by molar-refractivity contribution is 5.74. The number of rotatable bonds is 17. The Kier molecular flexibility index (Phi) is 12.2. The molecule has 0 aliphatic heterocycles. The molecule has 9 heteroatoms. The van der Waals surface area contributed by atoms with Crippen LogP contribution in [0.15, 0.2) is 72.8 Å². The average Bonchev–Trinajstić information content (AvgIpc) is 2.91. The van der Waals surface area contributed by atoms with Gasteiger partial charge in [-0.2, -0.15) is 0 Å². The lowest BCUT2D eigenvalue weighted by atomic mass is 10.0. The number of carbonyl (C=O) groups excluding carboxylic acids is 1. The third kappa shape index (κ3) is 11.6. The number of phenolic OH excluding ortho intramolecular Hbond substituents is 3. The van der Waals surface area contributed by atoms with Crippen molar-refractivity contribution in [2.45, 2.75) is 56.8 Å². The van der Waals surface area contributed by atoms with Gasteiger partial charge in [0, 0.05) is 50.2 Å². The topological polar surface area (TPSA) is 166 Å². The standard InChI is InChI=1S/C31H43N5O4/c1-21(14-31(33)40)34-19-26(16-23-4-10-29(38)11-5-23)36-20-27(17-24-6-12-30(39)13-7-24)35-18-25(32)15-22-2-8-28(37)9-3-22/h2-13,21,25-27,34-39H,14-20,32H2,1H3,(H2,33,40)/t21?,25-,26-,27-/m0/s1. The van der Waals surface area contributed by atoms with Gasteiger partial charge < -0.3 is 42.7 Å². The molecule has 0 saturated carbocycles. The fourth-order valence-electron chi connectivity index (χ4n) is 4.62. The van der Waals surface area contributed by atoms with Gasteiger partial charge in [0.25, 0.3) is 0 Å². The molecule has 4 atom stereocenters. The predicted molar refractivity (Wildman–Crippen MR) is 158 cm³/mol. The SMILES string of the molecule is CC(CC(N)=O)NC[C@H](Cc1ccc(O)cc1)NC[C@H](Cc1ccc(O)cc1)NC[C@@H](N)Cc1ccc(O)cc1. The highest BCUT2D eigenvalue weighted by atomic mass is 16.3. The number of nitrogens with two attached hydrogens (primary N) is 2. The number of primary amides is 1. The summed E-state index contributed by atoms with van der Waals surface area (Å²) in [5.41, 5.74) is 15.1. The Balaban J connectivity index is 1.65. The van der Waals surface area contributed by atoms with E-state index in [1.165, 1.54) is 0 Å². The molecule has 0 heterocycles. The highest BCUT2D eigenvalue weighted by Crippen LogP contribution is 2.14. The van der Waals surface area contributed by atoms with Crippen LogP contribution in [0, 0.1) is 0 Å². The number of aromatic hydroxyl groups is 3. The number of benzene rings is 3. The molecule has 3 aromatic rings. The second-order valence-corrected chi connectivity index (χ2v) is 10.6. The monoisotopic (exact) mass is 549 g/mol. The van der Waals surface area contributed by atoms with Crippen molar-refractivity contribution < 1.29 is 20.1 Å². The van der Waals surface area contributed by atoms with E-state index in [0.29, 0.717) is 26.1 Å². The summed E-state index contributed by atoms with van der Waals surface area (Å²) in [6, 6.07) is 21.4. The zero-order valence-corrected chi connectivity index (χ0v) is 23.1. The largest absolute Gasteiger partial charge is 0.508 e. The third-order valence-corrected chi connectivity index (χ3v) is 6.81. The summed E-state index contributed by atoms with van der Waals surface area (Å²) in [5, 5.41) is 39.6. The molecule has 40 heavy (non-hydrogen) atoms. The quantitative estimate of drug-likeness (QED) is 0.126. The highest BCUT2D eigenvalue weighted by Gasteiger charge is 2.17. The summed E-state index contributed by atoms with van der Waals surface area (Å²) in [6.45, 7) is 3.82. The molecule has 0 saturated heterocycles. The van der Waals surface area contributed by atoms with E-state index in [0.717, 1.165) is 29.5 Å². The maximum absolute atomic E-state index is 11.3. The first-order valence-corrected chi connectivity index (χ1v) is 13.7. The van der Waals surface area contributed by atoms with Crippen molar-refractivity contribution in [3.8, 4) is 17.2 Å². The van der Waals surface area contributed by atoms with E-state index < -0.39 is 0 Å². The Labute approximate surface area is 236 Å². The lowest BCUT2D eigenvalue weighted by molar-refractivity contribution is -0.118. The van der Waals surface area contributed by atoms with E-state index in [1.54, 1.807) is 36.4 Å². The van der Waals surface area contributed by atoms with E-state index in [4.69, 9.17) is 11.5 Å². The third-order valence-electron chi connectivity index (χ3n) is 6.81. The Morgan fingerprint density at radius 3 is 1.45 bits per heavy atom. The van der Waals surface area contributed by atoms with Gasteiger partial charge in [0.1, 0.15) is 17.2 Å². The summed E-state index contributed by atoms with van der Waals surface area (Å²) >= 11 is 0. The summed E-state index contributed by atoms with van der Waals surface area (Å²) in [5.74, 6) is 0.344. The molecular formula is C31H43N5O4. The van der Waals surface area contributed by atoms with Crippen LogP contribution in [0.4, 0.5) is 0 Å². The number of hydrogen-bond acceptors (Lipinski definition) is 8. The minimum atomic E-state index is -0.343. The molecule has 3 aromatic carbocycles. The number of carbonyl (C=O) groups is 1. The van der Waals surface area contributed by atoms with Gasteiger partial charge in [0.05, 0.1) is 0 Å². The van der Waals surface area contributed by atoms with E-state index in [1.807, 2.05) is 43.3 Å². The van der Waals surface area contributed by atoms with Crippen LogP contribution in [0.25, 0.3) is 0 Å². The predicted octanol–water partition coefficient (Wildman–Crippen LogP) is 1.93. The Bertz CT molecular complexity index is 1160. The van der Waals surface area contributed by atoms with Gasteiger partial charge in [-0.15, -0.1) is 0 Å². The van der Waals surface area contributed by atoms with Crippen LogP contribution < -0.4 is 27.4 Å². The van der Waals surface area contributed by atoms with Gasteiger partial charge in [-0.05, 0) is 79.3 Å². The minimum Gasteiger partial charge on any atom is -0.508 e. The van der Waals surface area contributed by atoms with E-state index in [-0.39, 0.29) is 53.7 Å². The molecule has 9 nitrogen and oxygen atoms in total. The Morgan fingerprint density at radius 1 is 0.650 bits per heavy atom. The van der Waals surface area contributed by atoms with E-state index in [2.05, 4.69) is 16.0 Å². The zero-order valence-electron chi connectivity index (χ0n) is 23.1. The lowest BCUT2D eigenvalue weighted by Crippen LogP contribution is -2.51. The molecule has 1 unspecified atom stereocenters. The van der Waals surface area contributed by atoms with Crippen molar-refractivity contribution in [3.05, 3.63) is 89.5 Å². The molecule has 1 amide bonds. The molecule has 0 fully saturated rings. The van der Waals surface area contributed by atoms with Crippen molar-refractivity contribution in [2.24, 2.45) is 11.5 Å². The van der Waals surface area contributed by atoms with Crippen molar-refractivity contribution in [1.29, 1.82) is 0 Å². The van der Waals surface area contributed by atoms with Gasteiger partial charge in [-0.3, -0.25) is 4.79 Å². The van der Waals surface area contributed by atoms with Crippen LogP contribution in [-0.2, 0) is 24.1 Å². The number of amides is 1. The summed E-state index contributed by atoms with van der Waals surface area (Å²) in [6.07, 6.45) is 2.40. The minimum absolute atomic E-state index is 0.0505. The van der Waals surface area contributed by atoms with Gasteiger partial charge in [0.2, 0.25) is 5.91 Å². The summed E-state index contributed by atoms with van der Waals surface area (Å²) in [7, 11) is 0. The smallest absolute Gasteiger partial charge is 0.218 e. The summed E-state index contributed by atoms with van der Waals surface area (Å²) < 4.78 is 0. The number of nitrogens with one attached hydrogen (secondary N) is 3. The van der Waals surface area contributed by atoms with Crippen LogP contribution in [-0.4, -0.2) is 65.0 Å². The van der Waals surface area contributed by atoms with Crippen LogP contribution in [0.2, 0.25) is 0 Å². The Hall–Kier alpha value is -3.63. The van der Waals surface area contributed by atoms with E-state index in [9.17, 15) is 20.1 Å². The molecule has 0 aliphatic rings. The first-order valence-electron chi connectivity index (χ1n) is 13.7. The van der Waals surface area contributed by atoms with Crippen LogP contribution >= 0.6 is 0 Å². The molecule has 0 aromatic heterocycles. The Morgan fingerprint density at radius 2 is 1.02 bits per heavy atom. The summed E-state index contributed by atoms with van der Waals surface area (Å²) in [4.78, 5) is 11.3. The molecule has 0 bridgehead atoms. The molecule has 3 rings (SSSR count). The average molecular weight is 550 g/mol. The first-order chi connectivity index (χ1) is 19.2. The fraction of sp³-hybridized carbons (Fsp3) is 0.387. The van der Waals surface area contributed by atoms with Crippen molar-refractivity contribution in [1.82, 2.24) is 16.0 Å². The zero-order chi connectivity index (χ0) is 28.9. The van der Waals surface area contributed by atoms with Crippen LogP contribution in [0.1, 0.15) is 30.0 Å². The van der Waals surface area contributed by atoms with E-state index >= 15 is 0 Å². The van der Waals surface area contributed by atoms with Crippen molar-refractivity contribution in [3.63, 3.8) is 0 Å². The number of hydrogen-bond donors (Lipinski definition) is 8. The molecule has 216 valence electrons. The maximum atomic E-state index is 11.3. The molecule has 0 radical (unpaired) electrons. The van der Waals surface area contributed by atoms with Gasteiger partial charge in [0.15, 0.2) is 0 Å². The lowest BCUT2D eigenvalue weighted by Gasteiger charge is -2.27. The second-order valence-electron chi connectivity index (χ2n) is 10.6. The number of phenols is 3. The normalized spacial score (nSPS) is 14.3. The molecular weight excluding hydrogens is 506 g/mol. The van der Waals surface area contributed by atoms with Crippen molar-refractivity contribution in [2.75, 3.05) is 19.6 Å². The van der Waals surface area contributed by atoms with Crippen LogP contribution in [0.3, 0.4) is 0 Å². The maximum Gasteiger partial charge on any atom is 0.218 e. The second kappa shape index (κ2) is 15.8. The molecule has 10 N–H and O–H groups in total. The van der Waals surface area contributed by atoms with Crippen molar-refractivity contribution >= 4 is 5.91 Å². The van der Waals surface area contributed by atoms with Gasteiger partial charge in [-0.1, -0.05) is 36.4 Å². The molecule has 0 aliphatic carbocycles. The van der Waals surface area contributed by atoms with Gasteiger partial charge in [-0.25, -0.2) is 0 Å². The fourth-order valence-corrected chi connectivity index (χ4v) is 4.62. The molecule has 0 spiro atoms. The first kappa shape index (κ1) is 30.9. The van der Waals surface area contributed by atoms with Gasteiger partial charge >= 0.3 is 0 Å². The van der Waals surface area contributed by atoms with Crippen LogP contribution in [0.5, 0.6) is 17.2 Å².